The minimum absolute atomic E-state index is 0.823. The van der Waals surface area contributed by atoms with Crippen molar-refractivity contribution in [1.82, 2.24) is 29.9 Å². The van der Waals surface area contributed by atoms with Crippen molar-refractivity contribution in [2.75, 3.05) is 0 Å². The van der Waals surface area contributed by atoms with E-state index in [0.717, 1.165) is 110 Å². The van der Waals surface area contributed by atoms with Crippen LogP contribution in [0.25, 0.3) is 110 Å². The second-order valence-corrected chi connectivity index (χ2v) is 13.6. The fourth-order valence-electron chi connectivity index (χ4n) is 7.63. The Morgan fingerprint density at radius 3 is 1.65 bits per heavy atom. The van der Waals surface area contributed by atoms with E-state index < -0.39 is 0 Å². The van der Waals surface area contributed by atoms with Gasteiger partial charge >= 0.3 is 0 Å². The van der Waals surface area contributed by atoms with Crippen LogP contribution in [-0.4, -0.2) is 29.9 Å². The summed E-state index contributed by atoms with van der Waals surface area (Å²) in [5.41, 5.74) is 12.7. The molecule has 6 nitrogen and oxygen atoms in total. The SMILES string of the molecule is c1cnc2c(c1)cc(-c1ccc(-c3ccc4ccc(-c5ccc6ccc(-c7ccc8ccc9cccnc9c8n7)nc6c5)cc4n3)cc1)c1ccncc12. The number of aromatic nitrogens is 6. The molecule has 0 saturated carbocycles. The Bertz CT molecular complexity index is 3280. The summed E-state index contributed by atoms with van der Waals surface area (Å²) < 4.78 is 0. The topological polar surface area (TPSA) is 77.3 Å². The van der Waals surface area contributed by atoms with Gasteiger partial charge in [0.05, 0.1) is 44.7 Å². The van der Waals surface area contributed by atoms with E-state index in [1.165, 1.54) is 0 Å². The zero-order chi connectivity index (χ0) is 35.6. The van der Waals surface area contributed by atoms with Gasteiger partial charge in [-0.05, 0) is 82.2 Å². The molecule has 0 bridgehead atoms. The van der Waals surface area contributed by atoms with Gasteiger partial charge in [-0.2, -0.15) is 0 Å². The third-order valence-corrected chi connectivity index (χ3v) is 10.4. The van der Waals surface area contributed by atoms with E-state index in [0.29, 0.717) is 0 Å². The molecule has 0 saturated heterocycles. The van der Waals surface area contributed by atoms with Crippen LogP contribution < -0.4 is 0 Å². The zero-order valence-electron chi connectivity index (χ0n) is 28.8. The maximum absolute atomic E-state index is 5.14. The van der Waals surface area contributed by atoms with Crippen molar-refractivity contribution in [2.24, 2.45) is 0 Å². The summed E-state index contributed by atoms with van der Waals surface area (Å²) in [6.45, 7) is 0. The first-order valence-electron chi connectivity index (χ1n) is 17.9. The van der Waals surface area contributed by atoms with E-state index >= 15 is 0 Å². The number of pyridine rings is 6. The largest absolute Gasteiger partial charge is 0.264 e. The second kappa shape index (κ2) is 12.1. The molecule has 0 N–H and O–H groups in total. The molecule has 0 aliphatic carbocycles. The lowest BCUT2D eigenvalue weighted by atomic mass is 9.95. The van der Waals surface area contributed by atoms with Crippen LogP contribution in [0.1, 0.15) is 0 Å². The first kappa shape index (κ1) is 30.2. The number of nitrogens with zero attached hydrogens (tertiary/aromatic N) is 6. The average molecular weight is 689 g/mol. The Balaban J connectivity index is 0.929. The van der Waals surface area contributed by atoms with Crippen molar-refractivity contribution in [3.63, 3.8) is 0 Å². The van der Waals surface area contributed by atoms with Crippen molar-refractivity contribution in [3.8, 4) is 44.9 Å². The van der Waals surface area contributed by atoms with Gasteiger partial charge in [-0.25, -0.2) is 15.0 Å². The predicted octanol–water partition coefficient (Wildman–Crippen LogP) is 11.6. The zero-order valence-corrected chi connectivity index (χ0v) is 28.8. The number of hydrogen-bond donors (Lipinski definition) is 0. The Labute approximate surface area is 309 Å². The summed E-state index contributed by atoms with van der Waals surface area (Å²) in [6.07, 6.45) is 7.40. The molecule has 5 aromatic carbocycles. The standard InChI is InChI=1S/C48H28N6/c1-3-33-11-12-34-17-20-43(54-48(34)47(33)51-23-1)42-19-16-32-10-14-36(27-45(32)53-42)35-13-9-31-15-18-41(52-44(31)26-35)30-7-5-29(6-8-30)39-25-37-4-2-22-50-46(37)40-28-49-24-21-38(39)40/h1-28H. The van der Waals surface area contributed by atoms with Gasteiger partial charge in [0.15, 0.2) is 0 Å². The van der Waals surface area contributed by atoms with E-state index in [2.05, 4.69) is 136 Å². The normalized spacial score (nSPS) is 11.7. The van der Waals surface area contributed by atoms with Crippen LogP contribution in [-0.2, 0) is 0 Å². The van der Waals surface area contributed by atoms with Gasteiger partial charge in [0.25, 0.3) is 0 Å². The molecule has 6 aromatic heterocycles. The van der Waals surface area contributed by atoms with Gasteiger partial charge in [-0.3, -0.25) is 15.0 Å². The third-order valence-electron chi connectivity index (χ3n) is 10.4. The lowest BCUT2D eigenvalue weighted by molar-refractivity contribution is 1.31. The molecule has 0 aliphatic heterocycles. The molecule has 11 rings (SSSR count). The highest BCUT2D eigenvalue weighted by atomic mass is 14.8. The molecule has 0 atom stereocenters. The molecule has 6 heteroatoms. The lowest BCUT2D eigenvalue weighted by Crippen LogP contribution is -1.92. The van der Waals surface area contributed by atoms with Crippen LogP contribution in [0.5, 0.6) is 0 Å². The Hall–Kier alpha value is -7.44. The summed E-state index contributed by atoms with van der Waals surface area (Å²) in [5.74, 6) is 0. The first-order chi connectivity index (χ1) is 26.7. The average Bonchev–Trinajstić information content (AvgIpc) is 3.25. The molecule has 0 radical (unpaired) electrons. The Morgan fingerprint density at radius 2 is 0.889 bits per heavy atom. The summed E-state index contributed by atoms with van der Waals surface area (Å²) in [7, 11) is 0. The van der Waals surface area contributed by atoms with E-state index in [-0.39, 0.29) is 0 Å². The first-order valence-corrected chi connectivity index (χ1v) is 17.9. The quantitative estimate of drug-likeness (QED) is 0.171. The van der Waals surface area contributed by atoms with Crippen LogP contribution in [0.4, 0.5) is 0 Å². The summed E-state index contributed by atoms with van der Waals surface area (Å²) >= 11 is 0. The third kappa shape index (κ3) is 5.04. The maximum atomic E-state index is 5.14. The lowest BCUT2D eigenvalue weighted by Gasteiger charge is -2.11. The van der Waals surface area contributed by atoms with Crippen LogP contribution in [0.2, 0.25) is 0 Å². The van der Waals surface area contributed by atoms with Gasteiger partial charge in [0.2, 0.25) is 0 Å². The molecular weight excluding hydrogens is 661 g/mol. The van der Waals surface area contributed by atoms with E-state index in [9.17, 15) is 0 Å². The fourth-order valence-corrected chi connectivity index (χ4v) is 7.63. The number of benzene rings is 5. The van der Waals surface area contributed by atoms with Crippen molar-refractivity contribution in [2.45, 2.75) is 0 Å². The number of rotatable bonds is 4. The van der Waals surface area contributed by atoms with Crippen LogP contribution >= 0.6 is 0 Å². The van der Waals surface area contributed by atoms with E-state index in [4.69, 9.17) is 15.0 Å². The van der Waals surface area contributed by atoms with E-state index in [1.807, 2.05) is 49.1 Å². The molecule has 11 aromatic rings. The smallest absolute Gasteiger partial charge is 0.0972 e. The molecule has 0 amide bonds. The maximum Gasteiger partial charge on any atom is 0.0972 e. The van der Waals surface area contributed by atoms with Crippen molar-refractivity contribution in [3.05, 3.63) is 170 Å². The Kier molecular flexibility index (Phi) is 6.75. The van der Waals surface area contributed by atoms with Crippen molar-refractivity contribution >= 4 is 65.3 Å². The number of hydrogen-bond acceptors (Lipinski definition) is 6. The highest BCUT2D eigenvalue weighted by molar-refractivity contribution is 6.11. The van der Waals surface area contributed by atoms with Crippen LogP contribution in [0.15, 0.2) is 170 Å². The van der Waals surface area contributed by atoms with Crippen molar-refractivity contribution in [1.29, 1.82) is 0 Å². The van der Waals surface area contributed by atoms with Gasteiger partial charge in [-0.1, -0.05) is 91.0 Å². The molecule has 6 heterocycles. The predicted molar refractivity (Wildman–Crippen MR) is 220 cm³/mol. The summed E-state index contributed by atoms with van der Waals surface area (Å²) in [4.78, 5) is 28.9. The number of fused-ring (bicyclic) bond motifs is 8. The van der Waals surface area contributed by atoms with Crippen LogP contribution in [0.3, 0.4) is 0 Å². The van der Waals surface area contributed by atoms with Gasteiger partial charge in [0, 0.05) is 62.7 Å². The Morgan fingerprint density at radius 1 is 0.333 bits per heavy atom. The molecular formula is C48H28N6. The van der Waals surface area contributed by atoms with Gasteiger partial charge in [0.1, 0.15) is 0 Å². The molecule has 0 aliphatic rings. The molecule has 54 heavy (non-hydrogen) atoms. The molecule has 0 fully saturated rings. The minimum atomic E-state index is 0.823. The highest BCUT2D eigenvalue weighted by Crippen LogP contribution is 2.35. The van der Waals surface area contributed by atoms with Crippen LogP contribution in [0, 0.1) is 0 Å². The minimum Gasteiger partial charge on any atom is -0.264 e. The van der Waals surface area contributed by atoms with Crippen molar-refractivity contribution < 1.29 is 0 Å². The summed E-state index contributed by atoms with van der Waals surface area (Å²) in [6, 6.07) is 50.7. The van der Waals surface area contributed by atoms with E-state index in [1.54, 1.807) is 0 Å². The fraction of sp³-hybridized carbons (Fsp3) is 0. The molecule has 0 unspecified atom stereocenters. The second-order valence-electron chi connectivity index (χ2n) is 13.6. The van der Waals surface area contributed by atoms with Gasteiger partial charge in [-0.15, -0.1) is 0 Å². The van der Waals surface area contributed by atoms with Gasteiger partial charge < -0.3 is 0 Å². The monoisotopic (exact) mass is 688 g/mol. The summed E-state index contributed by atoms with van der Waals surface area (Å²) in [5, 5.41) is 7.58. The highest BCUT2D eigenvalue weighted by Gasteiger charge is 2.12. The molecule has 250 valence electrons. The molecule has 0 spiro atoms.